The van der Waals surface area contributed by atoms with Gasteiger partial charge >= 0.3 is 0 Å². The lowest BCUT2D eigenvalue weighted by Gasteiger charge is -2.13. The van der Waals surface area contributed by atoms with Crippen molar-refractivity contribution in [2.75, 3.05) is 5.32 Å². The monoisotopic (exact) mass is 283 g/mol. The van der Waals surface area contributed by atoms with Gasteiger partial charge in [0.2, 0.25) is 5.91 Å². The molecule has 110 valence electrons. The highest BCUT2D eigenvalue weighted by Crippen LogP contribution is 2.22. The van der Waals surface area contributed by atoms with Crippen molar-refractivity contribution in [3.05, 3.63) is 65.2 Å². The van der Waals surface area contributed by atoms with Crippen molar-refractivity contribution in [2.24, 2.45) is 0 Å². The van der Waals surface area contributed by atoms with Gasteiger partial charge in [-0.1, -0.05) is 48.0 Å². The van der Waals surface area contributed by atoms with Crippen molar-refractivity contribution < 1.29 is 9.90 Å². The van der Waals surface area contributed by atoms with Crippen LogP contribution in [0.5, 0.6) is 0 Å². The SMILES string of the molecule is Cc1ccc(CCC(=O)Nc2ccccc2C(C)O)cc1. The second kappa shape index (κ2) is 7.04. The summed E-state index contributed by atoms with van der Waals surface area (Å²) < 4.78 is 0. The summed E-state index contributed by atoms with van der Waals surface area (Å²) in [4.78, 5) is 12.0. The molecule has 2 aromatic rings. The first kappa shape index (κ1) is 15.3. The van der Waals surface area contributed by atoms with Gasteiger partial charge in [0.15, 0.2) is 0 Å². The molecule has 0 heterocycles. The zero-order chi connectivity index (χ0) is 15.2. The number of carbonyl (C=O) groups excluding carboxylic acids is 1. The molecule has 0 aromatic heterocycles. The summed E-state index contributed by atoms with van der Waals surface area (Å²) in [5.41, 5.74) is 3.79. The molecule has 2 aromatic carbocycles. The molecule has 1 atom stereocenters. The van der Waals surface area contributed by atoms with Gasteiger partial charge in [-0.3, -0.25) is 4.79 Å². The molecule has 0 aliphatic heterocycles. The van der Waals surface area contributed by atoms with Gasteiger partial charge in [0, 0.05) is 17.7 Å². The Bertz CT molecular complexity index is 603. The van der Waals surface area contributed by atoms with Gasteiger partial charge in [-0.25, -0.2) is 0 Å². The van der Waals surface area contributed by atoms with Crippen LogP contribution in [0.4, 0.5) is 5.69 Å². The summed E-state index contributed by atoms with van der Waals surface area (Å²) in [6, 6.07) is 15.5. The van der Waals surface area contributed by atoms with Gasteiger partial charge in [0.05, 0.1) is 6.10 Å². The van der Waals surface area contributed by atoms with Crippen molar-refractivity contribution in [1.29, 1.82) is 0 Å². The minimum absolute atomic E-state index is 0.0383. The highest BCUT2D eigenvalue weighted by atomic mass is 16.3. The van der Waals surface area contributed by atoms with E-state index < -0.39 is 6.10 Å². The summed E-state index contributed by atoms with van der Waals surface area (Å²) in [6.07, 6.45) is 0.541. The van der Waals surface area contributed by atoms with E-state index in [0.29, 0.717) is 18.5 Å². The Morgan fingerprint density at radius 2 is 1.81 bits per heavy atom. The van der Waals surface area contributed by atoms with E-state index in [1.54, 1.807) is 6.92 Å². The minimum atomic E-state index is -0.599. The van der Waals surface area contributed by atoms with Gasteiger partial charge in [0.25, 0.3) is 0 Å². The van der Waals surface area contributed by atoms with E-state index in [9.17, 15) is 9.90 Å². The van der Waals surface area contributed by atoms with Gasteiger partial charge in [0.1, 0.15) is 0 Å². The lowest BCUT2D eigenvalue weighted by atomic mass is 10.1. The molecule has 0 aliphatic carbocycles. The number of aliphatic hydroxyl groups is 1. The number of hydrogen-bond acceptors (Lipinski definition) is 2. The van der Waals surface area contributed by atoms with E-state index in [1.165, 1.54) is 5.56 Å². The number of aliphatic hydroxyl groups excluding tert-OH is 1. The average molecular weight is 283 g/mol. The van der Waals surface area contributed by atoms with Crippen LogP contribution in [0, 0.1) is 6.92 Å². The Morgan fingerprint density at radius 3 is 2.48 bits per heavy atom. The molecule has 0 saturated heterocycles. The zero-order valence-corrected chi connectivity index (χ0v) is 12.5. The lowest BCUT2D eigenvalue weighted by Crippen LogP contribution is -2.14. The number of para-hydroxylation sites is 1. The number of benzene rings is 2. The number of anilines is 1. The molecule has 0 radical (unpaired) electrons. The highest BCUT2D eigenvalue weighted by Gasteiger charge is 2.10. The smallest absolute Gasteiger partial charge is 0.224 e. The molecule has 0 fully saturated rings. The third kappa shape index (κ3) is 4.43. The quantitative estimate of drug-likeness (QED) is 0.880. The largest absolute Gasteiger partial charge is 0.389 e. The van der Waals surface area contributed by atoms with Gasteiger partial charge in [-0.15, -0.1) is 0 Å². The van der Waals surface area contributed by atoms with Crippen molar-refractivity contribution in [1.82, 2.24) is 0 Å². The van der Waals surface area contributed by atoms with E-state index in [0.717, 1.165) is 11.1 Å². The van der Waals surface area contributed by atoms with Crippen LogP contribution in [0.2, 0.25) is 0 Å². The molecular formula is C18H21NO2. The first-order valence-corrected chi connectivity index (χ1v) is 7.18. The van der Waals surface area contributed by atoms with E-state index >= 15 is 0 Å². The molecule has 2 N–H and O–H groups in total. The molecular weight excluding hydrogens is 262 g/mol. The van der Waals surface area contributed by atoms with Gasteiger partial charge < -0.3 is 10.4 Å². The highest BCUT2D eigenvalue weighted by molar-refractivity contribution is 5.91. The van der Waals surface area contributed by atoms with Gasteiger partial charge in [-0.2, -0.15) is 0 Å². The summed E-state index contributed by atoms with van der Waals surface area (Å²) in [5.74, 6) is -0.0383. The molecule has 3 nitrogen and oxygen atoms in total. The van der Waals surface area contributed by atoms with E-state index in [4.69, 9.17) is 0 Å². The Hall–Kier alpha value is -2.13. The molecule has 2 rings (SSSR count). The molecule has 3 heteroatoms. The number of amides is 1. The molecule has 21 heavy (non-hydrogen) atoms. The van der Waals surface area contributed by atoms with E-state index in [2.05, 4.69) is 17.4 Å². The van der Waals surface area contributed by atoms with Crippen molar-refractivity contribution >= 4 is 11.6 Å². The Labute approximate surface area is 125 Å². The number of hydrogen-bond donors (Lipinski definition) is 2. The number of carbonyl (C=O) groups is 1. The maximum atomic E-state index is 12.0. The summed E-state index contributed by atoms with van der Waals surface area (Å²) in [7, 11) is 0. The standard InChI is InChI=1S/C18H21NO2/c1-13-7-9-15(10-8-13)11-12-18(21)19-17-6-4-3-5-16(17)14(2)20/h3-10,14,20H,11-12H2,1-2H3,(H,19,21). The van der Waals surface area contributed by atoms with Crippen molar-refractivity contribution in [3.8, 4) is 0 Å². The minimum Gasteiger partial charge on any atom is -0.389 e. The summed E-state index contributed by atoms with van der Waals surface area (Å²) >= 11 is 0. The fraction of sp³-hybridized carbons (Fsp3) is 0.278. The van der Waals surface area contributed by atoms with Crippen LogP contribution in [0.25, 0.3) is 0 Å². The maximum absolute atomic E-state index is 12.0. The average Bonchev–Trinajstić information content (AvgIpc) is 2.47. The van der Waals surface area contributed by atoms with Crippen LogP contribution in [0.1, 0.15) is 36.1 Å². The topological polar surface area (TPSA) is 49.3 Å². The predicted octanol–water partition coefficient (Wildman–Crippen LogP) is 3.62. The summed E-state index contributed by atoms with van der Waals surface area (Å²) in [5, 5.41) is 12.6. The van der Waals surface area contributed by atoms with Crippen LogP contribution >= 0.6 is 0 Å². The number of aryl methyl sites for hydroxylation is 2. The Balaban J connectivity index is 1.94. The lowest BCUT2D eigenvalue weighted by molar-refractivity contribution is -0.116. The molecule has 1 unspecified atom stereocenters. The molecule has 0 aliphatic rings. The number of nitrogens with one attached hydrogen (secondary N) is 1. The second-order valence-corrected chi connectivity index (χ2v) is 5.30. The van der Waals surface area contributed by atoms with Gasteiger partial charge in [-0.05, 0) is 31.9 Å². The fourth-order valence-corrected chi connectivity index (χ4v) is 2.20. The number of rotatable bonds is 5. The first-order chi connectivity index (χ1) is 10.1. The third-order valence-corrected chi connectivity index (χ3v) is 3.45. The predicted molar refractivity (Wildman–Crippen MR) is 85.2 cm³/mol. The third-order valence-electron chi connectivity index (χ3n) is 3.45. The molecule has 0 spiro atoms. The maximum Gasteiger partial charge on any atom is 0.224 e. The molecule has 0 bridgehead atoms. The Morgan fingerprint density at radius 1 is 1.14 bits per heavy atom. The van der Waals surface area contributed by atoms with Crippen LogP contribution < -0.4 is 5.32 Å². The summed E-state index contributed by atoms with van der Waals surface area (Å²) in [6.45, 7) is 3.74. The second-order valence-electron chi connectivity index (χ2n) is 5.30. The van der Waals surface area contributed by atoms with E-state index in [-0.39, 0.29) is 5.91 Å². The zero-order valence-electron chi connectivity index (χ0n) is 12.5. The normalized spacial score (nSPS) is 12.0. The van der Waals surface area contributed by atoms with Crippen molar-refractivity contribution in [3.63, 3.8) is 0 Å². The first-order valence-electron chi connectivity index (χ1n) is 7.18. The van der Waals surface area contributed by atoms with E-state index in [1.807, 2.05) is 43.3 Å². The van der Waals surface area contributed by atoms with Crippen LogP contribution in [0.15, 0.2) is 48.5 Å². The Kier molecular flexibility index (Phi) is 5.12. The molecule has 0 saturated carbocycles. The van der Waals surface area contributed by atoms with Crippen LogP contribution in [0.3, 0.4) is 0 Å². The fourth-order valence-electron chi connectivity index (χ4n) is 2.20. The van der Waals surface area contributed by atoms with Crippen molar-refractivity contribution in [2.45, 2.75) is 32.8 Å². The molecule has 1 amide bonds. The van der Waals surface area contributed by atoms with Crippen LogP contribution in [-0.2, 0) is 11.2 Å². The van der Waals surface area contributed by atoms with Crippen LogP contribution in [-0.4, -0.2) is 11.0 Å².